The van der Waals surface area contributed by atoms with E-state index in [0.717, 1.165) is 6.42 Å². The Bertz CT molecular complexity index is 819. The molecule has 0 unspecified atom stereocenters. The topological polar surface area (TPSA) is 102 Å². The Balaban J connectivity index is 1.58. The largest absolute Gasteiger partial charge is 0.350 e. The van der Waals surface area contributed by atoms with Crippen molar-refractivity contribution in [2.24, 2.45) is 17.3 Å². The summed E-state index contributed by atoms with van der Waals surface area (Å²) in [6, 6.07) is 0. The maximum Gasteiger partial charge on any atom is 0.273 e. The van der Waals surface area contributed by atoms with E-state index in [1.807, 2.05) is 0 Å². The van der Waals surface area contributed by atoms with Crippen LogP contribution in [-0.4, -0.2) is 42.9 Å². The number of nitrogens with zero attached hydrogens (tertiary/aromatic N) is 7. The predicted octanol–water partition coefficient (Wildman–Crippen LogP) is 1.00. The van der Waals surface area contributed by atoms with Crippen LogP contribution in [0.4, 0.5) is 0 Å². The Morgan fingerprint density at radius 3 is 2.79 bits per heavy atom. The molecule has 3 heterocycles. The summed E-state index contributed by atoms with van der Waals surface area (Å²) in [5, 5.41) is 23.5. The van der Waals surface area contributed by atoms with Crippen LogP contribution in [0.25, 0.3) is 5.69 Å². The Morgan fingerprint density at radius 1 is 1.38 bits per heavy atom. The molecular weight excluding hydrogens is 308 g/mol. The minimum absolute atomic E-state index is 0.268. The lowest BCUT2D eigenvalue weighted by Gasteiger charge is -2.09. The summed E-state index contributed by atoms with van der Waals surface area (Å²) in [4.78, 5) is 13.7. The molecule has 0 fully saturated rings. The SMILES string of the molecule is C#CCCC1(CCNC(=O)c2nn(-c3cnn(C)c3)nc2C)N=N1. The smallest absolute Gasteiger partial charge is 0.273 e. The summed E-state index contributed by atoms with van der Waals surface area (Å²) in [7, 11) is 1.80. The van der Waals surface area contributed by atoms with Gasteiger partial charge in [0, 0.05) is 32.9 Å². The van der Waals surface area contributed by atoms with Gasteiger partial charge in [-0.1, -0.05) is 0 Å². The normalized spacial score (nSPS) is 14.4. The third kappa shape index (κ3) is 3.32. The lowest BCUT2D eigenvalue weighted by molar-refractivity contribution is 0.0946. The van der Waals surface area contributed by atoms with E-state index in [0.29, 0.717) is 36.5 Å². The Labute approximate surface area is 139 Å². The van der Waals surface area contributed by atoms with E-state index in [1.54, 1.807) is 31.0 Å². The standard InChI is InChI=1S/C15H18N8O/c1-4-5-6-15(20-21-15)7-8-16-14(24)13-11(2)18-23(19-13)12-9-17-22(3)10-12/h1,9-10H,5-8H2,2-3H3,(H,16,24). The summed E-state index contributed by atoms with van der Waals surface area (Å²) in [5.41, 5.74) is 1.14. The van der Waals surface area contributed by atoms with Gasteiger partial charge < -0.3 is 5.32 Å². The highest BCUT2D eigenvalue weighted by atomic mass is 16.2. The molecule has 0 radical (unpaired) electrons. The predicted molar refractivity (Wildman–Crippen MR) is 85.5 cm³/mol. The van der Waals surface area contributed by atoms with Gasteiger partial charge in [0.2, 0.25) is 0 Å². The van der Waals surface area contributed by atoms with E-state index in [2.05, 4.69) is 36.8 Å². The molecule has 0 aromatic carbocycles. The highest BCUT2D eigenvalue weighted by Gasteiger charge is 2.38. The third-order valence-electron chi connectivity index (χ3n) is 3.78. The maximum atomic E-state index is 12.3. The summed E-state index contributed by atoms with van der Waals surface area (Å²) >= 11 is 0. The number of carbonyl (C=O) groups is 1. The van der Waals surface area contributed by atoms with Gasteiger partial charge >= 0.3 is 0 Å². The van der Waals surface area contributed by atoms with E-state index < -0.39 is 5.66 Å². The van der Waals surface area contributed by atoms with Crippen LogP contribution < -0.4 is 5.32 Å². The molecule has 0 atom stereocenters. The van der Waals surface area contributed by atoms with Crippen LogP contribution in [-0.2, 0) is 7.05 Å². The number of hydrogen-bond acceptors (Lipinski definition) is 6. The highest BCUT2D eigenvalue weighted by Crippen LogP contribution is 2.36. The van der Waals surface area contributed by atoms with Crippen molar-refractivity contribution in [3.05, 3.63) is 23.8 Å². The molecule has 0 aliphatic carbocycles. The lowest BCUT2D eigenvalue weighted by atomic mass is 10.0. The van der Waals surface area contributed by atoms with Crippen molar-refractivity contribution in [1.82, 2.24) is 30.1 Å². The third-order valence-corrected chi connectivity index (χ3v) is 3.78. The highest BCUT2D eigenvalue weighted by molar-refractivity contribution is 5.93. The first kappa shape index (κ1) is 15.9. The van der Waals surface area contributed by atoms with Crippen LogP contribution in [0, 0.1) is 19.3 Å². The van der Waals surface area contributed by atoms with Crippen LogP contribution >= 0.6 is 0 Å². The number of terminal acetylenes is 1. The monoisotopic (exact) mass is 326 g/mol. The van der Waals surface area contributed by atoms with E-state index in [1.165, 1.54) is 4.80 Å². The molecule has 0 saturated carbocycles. The van der Waals surface area contributed by atoms with Crippen LogP contribution in [0.2, 0.25) is 0 Å². The number of aryl methyl sites for hydroxylation is 2. The van der Waals surface area contributed by atoms with E-state index in [9.17, 15) is 4.79 Å². The molecule has 1 aliphatic heterocycles. The van der Waals surface area contributed by atoms with E-state index in [4.69, 9.17) is 6.42 Å². The van der Waals surface area contributed by atoms with Crippen LogP contribution in [0.15, 0.2) is 22.6 Å². The molecule has 0 bridgehead atoms. The van der Waals surface area contributed by atoms with Gasteiger partial charge in [-0.05, 0) is 6.92 Å². The van der Waals surface area contributed by atoms with Gasteiger partial charge in [0.1, 0.15) is 5.69 Å². The van der Waals surface area contributed by atoms with Gasteiger partial charge in [0.25, 0.3) is 5.91 Å². The molecule has 9 nitrogen and oxygen atoms in total. The van der Waals surface area contributed by atoms with Gasteiger partial charge in [-0.2, -0.15) is 20.4 Å². The quantitative estimate of drug-likeness (QED) is 0.767. The average Bonchev–Trinajstić information content (AvgIpc) is 3.00. The molecule has 24 heavy (non-hydrogen) atoms. The minimum Gasteiger partial charge on any atom is -0.350 e. The summed E-state index contributed by atoms with van der Waals surface area (Å²) in [6.07, 6.45) is 10.6. The van der Waals surface area contributed by atoms with Crippen LogP contribution in [0.1, 0.15) is 35.4 Å². The molecule has 1 amide bonds. The van der Waals surface area contributed by atoms with Crippen molar-refractivity contribution in [2.45, 2.75) is 31.8 Å². The number of rotatable bonds is 7. The fourth-order valence-electron chi connectivity index (χ4n) is 2.34. The average molecular weight is 326 g/mol. The van der Waals surface area contributed by atoms with Gasteiger partial charge in [-0.15, -0.1) is 22.2 Å². The van der Waals surface area contributed by atoms with Crippen molar-refractivity contribution < 1.29 is 4.79 Å². The number of hydrogen-bond donors (Lipinski definition) is 1. The van der Waals surface area contributed by atoms with Crippen molar-refractivity contribution in [2.75, 3.05) is 6.54 Å². The van der Waals surface area contributed by atoms with Crippen LogP contribution in [0.3, 0.4) is 0 Å². The molecule has 1 aliphatic rings. The fourth-order valence-corrected chi connectivity index (χ4v) is 2.34. The number of carbonyl (C=O) groups excluding carboxylic acids is 1. The molecule has 3 rings (SSSR count). The maximum absolute atomic E-state index is 12.3. The Hall–Kier alpha value is -3.02. The lowest BCUT2D eigenvalue weighted by Crippen LogP contribution is -2.29. The molecule has 124 valence electrons. The second kappa shape index (κ2) is 6.23. The Kier molecular flexibility index (Phi) is 4.12. The zero-order valence-electron chi connectivity index (χ0n) is 13.6. The van der Waals surface area contributed by atoms with Crippen molar-refractivity contribution in [3.8, 4) is 18.0 Å². The van der Waals surface area contributed by atoms with Gasteiger partial charge in [0.15, 0.2) is 11.4 Å². The number of amides is 1. The van der Waals surface area contributed by atoms with Gasteiger partial charge in [0.05, 0.1) is 18.1 Å². The number of nitrogens with one attached hydrogen (secondary N) is 1. The first-order chi connectivity index (χ1) is 11.5. The Morgan fingerprint density at radius 2 is 2.17 bits per heavy atom. The van der Waals surface area contributed by atoms with Crippen molar-refractivity contribution in [3.63, 3.8) is 0 Å². The number of aromatic nitrogens is 5. The fraction of sp³-hybridized carbons (Fsp3) is 0.467. The zero-order chi connectivity index (χ0) is 17.2. The second-order valence-electron chi connectivity index (χ2n) is 5.69. The van der Waals surface area contributed by atoms with Crippen LogP contribution in [0.5, 0.6) is 0 Å². The molecule has 0 saturated heterocycles. The first-order valence-electron chi connectivity index (χ1n) is 7.62. The van der Waals surface area contributed by atoms with Gasteiger partial charge in [-0.25, -0.2) is 0 Å². The summed E-state index contributed by atoms with van der Waals surface area (Å²) < 4.78 is 1.64. The van der Waals surface area contributed by atoms with Crippen molar-refractivity contribution >= 4 is 5.91 Å². The minimum atomic E-state index is -0.401. The van der Waals surface area contributed by atoms with Crippen molar-refractivity contribution in [1.29, 1.82) is 0 Å². The molecule has 2 aromatic heterocycles. The van der Waals surface area contributed by atoms with E-state index >= 15 is 0 Å². The second-order valence-corrected chi connectivity index (χ2v) is 5.69. The van der Waals surface area contributed by atoms with E-state index in [-0.39, 0.29) is 5.91 Å². The zero-order valence-corrected chi connectivity index (χ0v) is 13.6. The molecule has 2 aromatic rings. The molecular formula is C15H18N8O. The summed E-state index contributed by atoms with van der Waals surface area (Å²) in [6.45, 7) is 2.20. The summed E-state index contributed by atoms with van der Waals surface area (Å²) in [5.74, 6) is 2.31. The molecule has 9 heteroatoms. The molecule has 0 spiro atoms. The van der Waals surface area contributed by atoms with Gasteiger partial charge in [-0.3, -0.25) is 9.48 Å². The first-order valence-corrected chi connectivity index (χ1v) is 7.62. The molecule has 1 N–H and O–H groups in total.